The molecule has 0 spiro atoms. The maximum absolute atomic E-state index is 5.47. The molecule has 70 valence electrons. The first-order valence-electron chi connectivity index (χ1n) is 4.21. The molecule has 0 bridgehead atoms. The Hall–Kier alpha value is -1.44. The van der Waals surface area contributed by atoms with E-state index in [1.54, 1.807) is 7.11 Å². The van der Waals surface area contributed by atoms with Gasteiger partial charge in [0, 0.05) is 0 Å². The van der Waals surface area contributed by atoms with Gasteiger partial charge >= 0.3 is 0 Å². The van der Waals surface area contributed by atoms with Crippen LogP contribution in [-0.4, -0.2) is 7.11 Å². The van der Waals surface area contributed by atoms with Crippen molar-refractivity contribution in [3.8, 4) is 11.5 Å². The van der Waals surface area contributed by atoms with E-state index in [1.165, 1.54) is 0 Å². The van der Waals surface area contributed by atoms with Gasteiger partial charge in [0.2, 0.25) is 0 Å². The van der Waals surface area contributed by atoms with E-state index in [0.29, 0.717) is 0 Å². The molecule has 1 rings (SSSR count). The number of hydrogen-bond donors (Lipinski definition) is 0. The molecule has 0 saturated heterocycles. The number of hydrogen-bond acceptors (Lipinski definition) is 2. The summed E-state index contributed by atoms with van der Waals surface area (Å²) in [5.74, 6) is 2.56. The molecule has 2 nitrogen and oxygen atoms in total. The Morgan fingerprint density at radius 2 is 1.69 bits per heavy atom. The molecular weight excluding hydrogens is 164 g/mol. The third-order valence-electron chi connectivity index (χ3n) is 1.74. The molecule has 0 saturated carbocycles. The normalized spacial score (nSPS) is 11.2. The standard InChI is InChI=1S/C11H14O2/c1-4-9(2)13-11-7-5-10(12-3)6-8-11/h4-8H,1-3H3/b9-4+. The minimum atomic E-state index is 0.830. The van der Waals surface area contributed by atoms with Gasteiger partial charge in [-0.1, -0.05) is 0 Å². The highest BCUT2D eigenvalue weighted by molar-refractivity contribution is 5.32. The molecule has 1 aromatic rings. The van der Waals surface area contributed by atoms with Gasteiger partial charge in [-0.15, -0.1) is 0 Å². The van der Waals surface area contributed by atoms with Crippen LogP contribution in [0, 0.1) is 0 Å². The fourth-order valence-electron chi connectivity index (χ4n) is 0.889. The molecule has 0 aliphatic rings. The molecule has 2 heteroatoms. The predicted molar refractivity (Wildman–Crippen MR) is 53.1 cm³/mol. The second-order valence-electron chi connectivity index (χ2n) is 2.68. The Balaban J connectivity index is 2.69. The van der Waals surface area contributed by atoms with E-state index >= 15 is 0 Å². The summed E-state index contributed by atoms with van der Waals surface area (Å²) in [5.41, 5.74) is 0. The monoisotopic (exact) mass is 178 g/mol. The number of benzene rings is 1. The second kappa shape index (κ2) is 4.55. The Kier molecular flexibility index (Phi) is 3.38. The van der Waals surface area contributed by atoms with Crippen molar-refractivity contribution >= 4 is 0 Å². The maximum atomic E-state index is 5.47. The minimum Gasteiger partial charge on any atom is -0.497 e. The topological polar surface area (TPSA) is 18.5 Å². The van der Waals surface area contributed by atoms with Crippen LogP contribution in [0.2, 0.25) is 0 Å². The van der Waals surface area contributed by atoms with Crippen LogP contribution in [0.5, 0.6) is 11.5 Å². The Bertz CT molecular complexity index is 285. The summed E-state index contributed by atoms with van der Waals surface area (Å²) in [4.78, 5) is 0. The summed E-state index contributed by atoms with van der Waals surface area (Å²) in [7, 11) is 1.65. The molecule has 0 fully saturated rings. The first kappa shape index (κ1) is 9.65. The van der Waals surface area contributed by atoms with Gasteiger partial charge in [-0.3, -0.25) is 0 Å². The lowest BCUT2D eigenvalue weighted by molar-refractivity contribution is 0.407. The van der Waals surface area contributed by atoms with Gasteiger partial charge in [-0.05, 0) is 44.2 Å². The van der Waals surface area contributed by atoms with Crippen LogP contribution in [0.4, 0.5) is 0 Å². The highest BCUT2D eigenvalue weighted by atomic mass is 16.5. The first-order chi connectivity index (χ1) is 6.26. The van der Waals surface area contributed by atoms with Gasteiger partial charge in [0.1, 0.15) is 11.5 Å². The largest absolute Gasteiger partial charge is 0.497 e. The summed E-state index contributed by atoms with van der Waals surface area (Å²) < 4.78 is 10.5. The van der Waals surface area contributed by atoms with Gasteiger partial charge in [0.25, 0.3) is 0 Å². The number of rotatable bonds is 3. The molecule has 0 amide bonds. The highest BCUT2D eigenvalue weighted by Crippen LogP contribution is 2.18. The summed E-state index contributed by atoms with van der Waals surface area (Å²) in [5, 5.41) is 0. The van der Waals surface area contributed by atoms with Crippen LogP contribution in [-0.2, 0) is 0 Å². The molecule has 0 aliphatic heterocycles. The average molecular weight is 178 g/mol. The van der Waals surface area contributed by atoms with Crippen molar-refractivity contribution in [1.82, 2.24) is 0 Å². The SMILES string of the molecule is C/C=C(\C)Oc1ccc(OC)cc1. The summed E-state index contributed by atoms with van der Waals surface area (Å²) >= 11 is 0. The average Bonchev–Trinajstić information content (AvgIpc) is 2.19. The lowest BCUT2D eigenvalue weighted by Crippen LogP contribution is -1.89. The molecule has 0 aliphatic carbocycles. The molecule has 1 aromatic carbocycles. The zero-order valence-electron chi connectivity index (χ0n) is 8.20. The van der Waals surface area contributed by atoms with Crippen LogP contribution in [0.25, 0.3) is 0 Å². The smallest absolute Gasteiger partial charge is 0.127 e. The van der Waals surface area contributed by atoms with Gasteiger partial charge < -0.3 is 9.47 Å². The van der Waals surface area contributed by atoms with Crippen molar-refractivity contribution in [2.45, 2.75) is 13.8 Å². The Labute approximate surface area is 78.8 Å². The number of methoxy groups -OCH3 is 1. The van der Waals surface area contributed by atoms with E-state index in [1.807, 2.05) is 44.2 Å². The summed E-state index contributed by atoms with van der Waals surface area (Å²) in [6, 6.07) is 7.51. The molecule has 13 heavy (non-hydrogen) atoms. The van der Waals surface area contributed by atoms with Crippen LogP contribution in [0.15, 0.2) is 36.1 Å². The van der Waals surface area contributed by atoms with E-state index in [2.05, 4.69) is 0 Å². The van der Waals surface area contributed by atoms with Crippen molar-refractivity contribution in [2.24, 2.45) is 0 Å². The molecule has 0 unspecified atom stereocenters. The van der Waals surface area contributed by atoms with Crippen molar-refractivity contribution in [1.29, 1.82) is 0 Å². The third kappa shape index (κ3) is 2.82. The fourth-order valence-corrected chi connectivity index (χ4v) is 0.889. The van der Waals surface area contributed by atoms with Crippen LogP contribution < -0.4 is 9.47 Å². The summed E-state index contributed by atoms with van der Waals surface area (Å²) in [6.45, 7) is 3.86. The van der Waals surface area contributed by atoms with Gasteiger partial charge in [0.05, 0.1) is 12.9 Å². The lowest BCUT2D eigenvalue weighted by atomic mass is 10.3. The van der Waals surface area contributed by atoms with E-state index < -0.39 is 0 Å². The second-order valence-corrected chi connectivity index (χ2v) is 2.68. The molecular formula is C11H14O2. The van der Waals surface area contributed by atoms with Crippen molar-refractivity contribution < 1.29 is 9.47 Å². The molecule has 0 radical (unpaired) electrons. The van der Waals surface area contributed by atoms with Crippen molar-refractivity contribution in [3.63, 3.8) is 0 Å². The molecule has 0 aromatic heterocycles. The molecule has 0 heterocycles. The van der Waals surface area contributed by atoms with Gasteiger partial charge in [0.15, 0.2) is 0 Å². The van der Waals surface area contributed by atoms with Crippen molar-refractivity contribution in [2.75, 3.05) is 7.11 Å². The Morgan fingerprint density at radius 1 is 1.15 bits per heavy atom. The lowest BCUT2D eigenvalue weighted by Gasteiger charge is -2.05. The molecule has 0 N–H and O–H groups in total. The molecule has 0 atom stereocenters. The van der Waals surface area contributed by atoms with Gasteiger partial charge in [-0.2, -0.15) is 0 Å². The number of ether oxygens (including phenoxy) is 2. The predicted octanol–water partition coefficient (Wildman–Crippen LogP) is 3.00. The Morgan fingerprint density at radius 3 is 2.15 bits per heavy atom. The van der Waals surface area contributed by atoms with Crippen LogP contribution in [0.1, 0.15) is 13.8 Å². The quantitative estimate of drug-likeness (QED) is 0.662. The van der Waals surface area contributed by atoms with E-state index in [-0.39, 0.29) is 0 Å². The van der Waals surface area contributed by atoms with E-state index in [0.717, 1.165) is 17.3 Å². The zero-order chi connectivity index (χ0) is 9.68. The zero-order valence-corrected chi connectivity index (χ0v) is 8.20. The maximum Gasteiger partial charge on any atom is 0.127 e. The minimum absolute atomic E-state index is 0.830. The first-order valence-corrected chi connectivity index (χ1v) is 4.21. The summed E-state index contributed by atoms with van der Waals surface area (Å²) in [6.07, 6.45) is 1.92. The van der Waals surface area contributed by atoms with Gasteiger partial charge in [-0.25, -0.2) is 0 Å². The number of allylic oxidation sites excluding steroid dienone is 2. The van der Waals surface area contributed by atoms with Crippen LogP contribution >= 0.6 is 0 Å². The fraction of sp³-hybridized carbons (Fsp3) is 0.273. The highest BCUT2D eigenvalue weighted by Gasteiger charge is 1.94. The van der Waals surface area contributed by atoms with Crippen molar-refractivity contribution in [3.05, 3.63) is 36.1 Å². The van der Waals surface area contributed by atoms with Crippen LogP contribution in [0.3, 0.4) is 0 Å². The van der Waals surface area contributed by atoms with E-state index in [4.69, 9.17) is 9.47 Å². The third-order valence-corrected chi connectivity index (χ3v) is 1.74. The van der Waals surface area contributed by atoms with E-state index in [9.17, 15) is 0 Å².